The van der Waals surface area contributed by atoms with E-state index in [1.54, 1.807) is 12.4 Å². The summed E-state index contributed by atoms with van der Waals surface area (Å²) in [7, 11) is 0. The summed E-state index contributed by atoms with van der Waals surface area (Å²) in [5.41, 5.74) is 4.52. The van der Waals surface area contributed by atoms with Gasteiger partial charge in [-0.2, -0.15) is 0 Å². The summed E-state index contributed by atoms with van der Waals surface area (Å²) in [4.78, 5) is 30.6. The van der Waals surface area contributed by atoms with Gasteiger partial charge in [0.15, 0.2) is 0 Å². The van der Waals surface area contributed by atoms with E-state index in [0.29, 0.717) is 12.5 Å². The van der Waals surface area contributed by atoms with E-state index in [1.165, 1.54) is 21.9 Å². The topological polar surface area (TPSA) is 98.8 Å². The largest absolute Gasteiger partial charge is 0.338 e. The zero-order valence-electron chi connectivity index (χ0n) is 19.7. The fourth-order valence-corrected chi connectivity index (χ4v) is 4.00. The number of carbonyl (C=O) groups excluding carboxylic acids is 1. The molecule has 0 radical (unpaired) electrons. The molecule has 4 aromatic rings. The highest BCUT2D eigenvalue weighted by molar-refractivity contribution is 5.87. The number of benzene rings is 1. The van der Waals surface area contributed by atoms with Crippen molar-refractivity contribution in [3.8, 4) is 0 Å². The SMILES string of the molecule is Cc1cnc(CN(CCCCNC(=O)Nc2ncc[nH]2)Cc2nccc3ccccc23)c(C)c1. The molecule has 0 aliphatic heterocycles. The first-order chi connectivity index (χ1) is 16.6. The smallest absolute Gasteiger partial charge is 0.321 e. The van der Waals surface area contributed by atoms with Crippen molar-refractivity contribution in [3.63, 3.8) is 0 Å². The van der Waals surface area contributed by atoms with Gasteiger partial charge in [-0.25, -0.2) is 9.78 Å². The first kappa shape index (κ1) is 23.4. The van der Waals surface area contributed by atoms with Gasteiger partial charge in [-0.3, -0.25) is 20.2 Å². The number of H-pyrrole nitrogens is 1. The van der Waals surface area contributed by atoms with Crippen molar-refractivity contribution in [2.24, 2.45) is 0 Å². The number of nitrogens with one attached hydrogen (secondary N) is 3. The van der Waals surface area contributed by atoms with Crippen molar-refractivity contribution in [2.45, 2.75) is 39.8 Å². The van der Waals surface area contributed by atoms with Crippen LogP contribution in [0.2, 0.25) is 0 Å². The number of fused-ring (bicyclic) bond motifs is 1. The molecule has 0 saturated carbocycles. The minimum Gasteiger partial charge on any atom is -0.338 e. The third kappa shape index (κ3) is 6.39. The van der Waals surface area contributed by atoms with Gasteiger partial charge in [-0.05, 0) is 55.8 Å². The zero-order chi connectivity index (χ0) is 23.8. The highest BCUT2D eigenvalue weighted by Crippen LogP contribution is 2.19. The van der Waals surface area contributed by atoms with Crippen LogP contribution in [-0.4, -0.2) is 44.0 Å². The Balaban J connectivity index is 1.37. The highest BCUT2D eigenvalue weighted by atomic mass is 16.2. The van der Waals surface area contributed by atoms with Crippen molar-refractivity contribution < 1.29 is 4.79 Å². The number of anilines is 1. The minimum absolute atomic E-state index is 0.258. The molecule has 3 N–H and O–H groups in total. The molecular weight excluding hydrogens is 426 g/mol. The summed E-state index contributed by atoms with van der Waals surface area (Å²) in [6.07, 6.45) is 8.88. The molecule has 34 heavy (non-hydrogen) atoms. The number of amides is 2. The molecule has 1 aromatic carbocycles. The summed E-state index contributed by atoms with van der Waals surface area (Å²) in [5, 5.41) is 7.93. The lowest BCUT2D eigenvalue weighted by molar-refractivity contribution is 0.242. The molecule has 3 heterocycles. The maximum atomic E-state index is 12.0. The van der Waals surface area contributed by atoms with Gasteiger partial charge < -0.3 is 10.3 Å². The Hall–Kier alpha value is -3.78. The predicted octanol–water partition coefficient (Wildman–Crippen LogP) is 4.57. The lowest BCUT2D eigenvalue weighted by atomic mass is 10.1. The van der Waals surface area contributed by atoms with Gasteiger partial charge in [-0.1, -0.05) is 30.3 Å². The highest BCUT2D eigenvalue weighted by Gasteiger charge is 2.13. The van der Waals surface area contributed by atoms with Gasteiger partial charge in [0, 0.05) is 49.8 Å². The van der Waals surface area contributed by atoms with E-state index in [2.05, 4.69) is 74.7 Å². The van der Waals surface area contributed by atoms with Crippen molar-refractivity contribution in [3.05, 3.63) is 83.7 Å². The number of imidazole rings is 1. The Kier molecular flexibility index (Phi) is 7.83. The number of nitrogens with zero attached hydrogens (tertiary/aromatic N) is 4. The number of aromatic amines is 1. The second-order valence-corrected chi connectivity index (χ2v) is 8.49. The van der Waals surface area contributed by atoms with Gasteiger partial charge in [0.05, 0.1) is 11.4 Å². The van der Waals surface area contributed by atoms with Gasteiger partial charge >= 0.3 is 6.03 Å². The molecule has 0 spiro atoms. The van der Waals surface area contributed by atoms with E-state index in [1.807, 2.05) is 18.5 Å². The summed E-state index contributed by atoms with van der Waals surface area (Å²) in [6.45, 7) is 7.14. The first-order valence-corrected chi connectivity index (χ1v) is 11.6. The monoisotopic (exact) mass is 457 g/mol. The molecule has 0 saturated heterocycles. The summed E-state index contributed by atoms with van der Waals surface area (Å²) in [6, 6.07) is 12.3. The van der Waals surface area contributed by atoms with Gasteiger partial charge in [-0.15, -0.1) is 0 Å². The molecule has 2 amide bonds. The number of carbonyl (C=O) groups is 1. The van der Waals surface area contributed by atoms with Crippen LogP contribution in [0.25, 0.3) is 10.8 Å². The summed E-state index contributed by atoms with van der Waals surface area (Å²) in [5.74, 6) is 0.437. The molecule has 0 fully saturated rings. The number of hydrogen-bond acceptors (Lipinski definition) is 5. The van der Waals surface area contributed by atoms with E-state index in [4.69, 9.17) is 4.98 Å². The number of unbranched alkanes of at least 4 members (excludes halogenated alkanes) is 1. The van der Waals surface area contributed by atoms with Gasteiger partial charge in [0.1, 0.15) is 0 Å². The van der Waals surface area contributed by atoms with E-state index in [-0.39, 0.29) is 6.03 Å². The fraction of sp³-hybridized carbons (Fsp3) is 0.308. The van der Waals surface area contributed by atoms with Crippen LogP contribution in [0.4, 0.5) is 10.7 Å². The number of pyridine rings is 2. The maximum absolute atomic E-state index is 12.0. The van der Waals surface area contributed by atoms with E-state index >= 15 is 0 Å². The molecule has 0 aliphatic carbocycles. The average Bonchev–Trinajstić information content (AvgIpc) is 3.33. The quantitative estimate of drug-likeness (QED) is 0.303. The predicted molar refractivity (Wildman–Crippen MR) is 134 cm³/mol. The molecule has 0 bridgehead atoms. The standard InChI is InChI=1S/C26H31N7O/c1-19-15-20(2)23(31-16-19)17-33(18-24-22-8-4-3-7-21(22)9-11-27-24)14-6-5-10-30-26(34)32-25-28-12-13-29-25/h3-4,7-9,11-13,15-16H,5-6,10,14,17-18H2,1-2H3,(H3,28,29,30,32,34). The first-order valence-electron chi connectivity index (χ1n) is 11.6. The molecule has 176 valence electrons. The van der Waals surface area contributed by atoms with Crippen LogP contribution >= 0.6 is 0 Å². The number of aryl methyl sites for hydroxylation is 2. The number of hydrogen-bond donors (Lipinski definition) is 3. The maximum Gasteiger partial charge on any atom is 0.321 e. The molecule has 8 heteroatoms. The number of rotatable bonds is 10. The van der Waals surface area contributed by atoms with E-state index in [9.17, 15) is 4.79 Å². The van der Waals surface area contributed by atoms with Gasteiger partial charge in [0.2, 0.25) is 5.95 Å². The van der Waals surface area contributed by atoms with Crippen LogP contribution in [0.15, 0.2) is 61.2 Å². The van der Waals surface area contributed by atoms with Crippen LogP contribution in [0, 0.1) is 13.8 Å². The van der Waals surface area contributed by atoms with Crippen LogP contribution in [0.5, 0.6) is 0 Å². The molecule has 0 aliphatic rings. The third-order valence-electron chi connectivity index (χ3n) is 5.74. The van der Waals surface area contributed by atoms with Crippen LogP contribution < -0.4 is 10.6 Å². The lowest BCUT2D eigenvalue weighted by Crippen LogP contribution is -2.31. The molecule has 0 atom stereocenters. The Morgan fingerprint density at radius 3 is 2.68 bits per heavy atom. The normalized spacial score (nSPS) is 11.1. The Labute approximate surface area is 199 Å². The van der Waals surface area contributed by atoms with Crippen molar-refractivity contribution in [1.82, 2.24) is 30.2 Å². The molecule has 4 rings (SSSR count). The number of aromatic nitrogens is 4. The molecular formula is C26H31N7O. The van der Waals surface area contributed by atoms with Crippen molar-refractivity contribution >= 4 is 22.8 Å². The van der Waals surface area contributed by atoms with E-state index in [0.717, 1.165) is 43.9 Å². The Morgan fingerprint density at radius 2 is 1.85 bits per heavy atom. The van der Waals surface area contributed by atoms with Crippen LogP contribution in [0.3, 0.4) is 0 Å². The number of urea groups is 1. The van der Waals surface area contributed by atoms with Crippen LogP contribution in [-0.2, 0) is 13.1 Å². The second kappa shape index (κ2) is 11.4. The molecule has 3 aromatic heterocycles. The van der Waals surface area contributed by atoms with Gasteiger partial charge in [0.25, 0.3) is 0 Å². The minimum atomic E-state index is -0.258. The second-order valence-electron chi connectivity index (χ2n) is 8.49. The van der Waals surface area contributed by atoms with Crippen LogP contribution in [0.1, 0.15) is 35.4 Å². The fourth-order valence-electron chi connectivity index (χ4n) is 4.00. The molecule has 0 unspecified atom stereocenters. The lowest BCUT2D eigenvalue weighted by Gasteiger charge is -2.23. The van der Waals surface area contributed by atoms with Crippen molar-refractivity contribution in [2.75, 3.05) is 18.4 Å². The third-order valence-corrected chi connectivity index (χ3v) is 5.74. The van der Waals surface area contributed by atoms with Crippen molar-refractivity contribution in [1.29, 1.82) is 0 Å². The average molecular weight is 458 g/mol. The Bertz CT molecular complexity index is 1220. The summed E-state index contributed by atoms with van der Waals surface area (Å²) < 4.78 is 0. The Morgan fingerprint density at radius 1 is 1.00 bits per heavy atom. The van der Waals surface area contributed by atoms with E-state index < -0.39 is 0 Å². The zero-order valence-corrected chi connectivity index (χ0v) is 19.7. The molecule has 8 nitrogen and oxygen atoms in total. The summed E-state index contributed by atoms with van der Waals surface area (Å²) >= 11 is 0.